The fraction of sp³-hybridized carbons (Fsp3) is 1.00. The van der Waals surface area contributed by atoms with Crippen LogP contribution in [0, 0.1) is 0 Å². The van der Waals surface area contributed by atoms with Crippen molar-refractivity contribution in [3.05, 3.63) is 0 Å². The van der Waals surface area contributed by atoms with Gasteiger partial charge in [0.15, 0.2) is 0 Å². The topological polar surface area (TPSA) is 77.4 Å². The van der Waals surface area contributed by atoms with Crippen LogP contribution in [0.25, 0.3) is 0 Å². The molecule has 0 rings (SSSR count). The number of hydrogen-bond donors (Lipinski definition) is 1. The van der Waals surface area contributed by atoms with E-state index in [0.717, 1.165) is 57.8 Å². The van der Waals surface area contributed by atoms with E-state index < -0.39 is 15.4 Å². The van der Waals surface area contributed by atoms with Crippen molar-refractivity contribution in [3.63, 3.8) is 0 Å². The van der Waals surface area contributed by atoms with Gasteiger partial charge in [-0.1, -0.05) is 117 Å². The minimum absolute atomic E-state index is 0. The molecule has 4 nitrogen and oxygen atoms in total. The summed E-state index contributed by atoms with van der Waals surface area (Å²) in [6, 6.07) is 0. The van der Waals surface area contributed by atoms with E-state index in [4.69, 9.17) is 0 Å². The number of unbranched alkanes of at least 4 members (excludes halogenated alkanes) is 13. The maximum Gasteiger partial charge on any atom is 1.00 e. The molecular weight excluding hydrogens is 423 g/mol. The first-order valence-corrected chi connectivity index (χ1v) is 14.0. The van der Waals surface area contributed by atoms with E-state index in [1.807, 2.05) is 0 Å². The number of hydrogen-bond acceptors (Lipinski definition) is 4. The Balaban J connectivity index is 0. The molecule has 0 bridgehead atoms. The summed E-state index contributed by atoms with van der Waals surface area (Å²) in [5.74, 6) is 0. The van der Waals surface area contributed by atoms with Gasteiger partial charge in [0.05, 0.1) is 16.2 Å². The smallest absolute Gasteiger partial charge is 0.748 e. The zero-order chi connectivity index (χ0) is 21.8. The van der Waals surface area contributed by atoms with Gasteiger partial charge in [-0.15, -0.1) is 0 Å². The minimum atomic E-state index is -4.19. The molecule has 0 aliphatic carbocycles. The molecule has 0 aliphatic heterocycles. The molecule has 0 spiro atoms. The van der Waals surface area contributed by atoms with E-state index >= 15 is 0 Å². The zero-order valence-corrected chi connectivity index (χ0v) is 24.3. The third kappa shape index (κ3) is 22.7. The van der Waals surface area contributed by atoms with E-state index in [2.05, 4.69) is 13.8 Å². The largest absolute Gasteiger partial charge is 1.00 e. The molecule has 6 heteroatoms. The van der Waals surface area contributed by atoms with Gasteiger partial charge < -0.3 is 9.66 Å². The van der Waals surface area contributed by atoms with Crippen molar-refractivity contribution >= 4 is 10.1 Å². The summed E-state index contributed by atoms with van der Waals surface area (Å²) in [5.41, 5.74) is 0. The third-order valence-electron chi connectivity index (χ3n) is 5.97. The quantitative estimate of drug-likeness (QED) is 0.146. The van der Waals surface area contributed by atoms with Crippen molar-refractivity contribution in [1.29, 1.82) is 0 Å². The zero-order valence-electron chi connectivity index (χ0n) is 20.4. The molecule has 176 valence electrons. The Morgan fingerprint density at radius 2 is 0.967 bits per heavy atom. The molecule has 0 heterocycles. The molecule has 2 atom stereocenters. The molecule has 0 aromatic heterocycles. The summed E-state index contributed by atoms with van der Waals surface area (Å²) in [4.78, 5) is 0. The average Bonchev–Trinajstić information content (AvgIpc) is 2.66. The predicted octanol–water partition coefficient (Wildman–Crippen LogP) is 4.11. The standard InChI is InChI=1S/C24H50O4S.K/c1-3-5-6-7-8-9-10-11-12-13-14-17-21-24(29(26,27)28)22-18-15-16-20-23(25)19-4-2;/h23-25H,3-22H2,1-2H3,(H,26,27,28);/q;+1/p-1. The molecule has 1 N–H and O–H groups in total. The summed E-state index contributed by atoms with van der Waals surface area (Å²) in [6.45, 7) is 4.30. The molecule has 0 saturated heterocycles. The number of aliphatic hydroxyl groups is 1. The second-order valence-electron chi connectivity index (χ2n) is 8.87. The van der Waals surface area contributed by atoms with Gasteiger partial charge in [-0.3, -0.25) is 0 Å². The molecule has 0 fully saturated rings. The number of aliphatic hydroxyl groups excluding tert-OH is 1. The Morgan fingerprint density at radius 1 is 0.600 bits per heavy atom. The molecule has 0 saturated carbocycles. The Morgan fingerprint density at radius 3 is 1.37 bits per heavy atom. The average molecular weight is 473 g/mol. The molecule has 30 heavy (non-hydrogen) atoms. The van der Waals surface area contributed by atoms with Crippen molar-refractivity contribution < 1.29 is 69.5 Å². The first-order valence-electron chi connectivity index (χ1n) is 12.5. The van der Waals surface area contributed by atoms with Crippen molar-refractivity contribution in [2.24, 2.45) is 0 Å². The van der Waals surface area contributed by atoms with Gasteiger partial charge in [0.1, 0.15) is 0 Å². The minimum Gasteiger partial charge on any atom is -0.748 e. The Hall–Kier alpha value is 1.51. The van der Waals surface area contributed by atoms with E-state index in [0.29, 0.717) is 12.8 Å². The van der Waals surface area contributed by atoms with Crippen LogP contribution in [0.5, 0.6) is 0 Å². The van der Waals surface area contributed by atoms with Crippen LogP contribution in [0.4, 0.5) is 0 Å². The Bertz CT molecular complexity index is 442. The molecule has 2 unspecified atom stereocenters. The van der Waals surface area contributed by atoms with Crippen molar-refractivity contribution in [1.82, 2.24) is 0 Å². The monoisotopic (exact) mass is 472 g/mol. The molecule has 0 aromatic carbocycles. The van der Waals surface area contributed by atoms with Gasteiger partial charge in [0, 0.05) is 5.25 Å². The van der Waals surface area contributed by atoms with E-state index in [1.54, 1.807) is 0 Å². The summed E-state index contributed by atoms with van der Waals surface area (Å²) in [7, 11) is -4.19. The SMILES string of the molecule is CCCCCCCCCCCCCCC(CCCCCC(O)CCC)S(=O)(=O)[O-].[K+]. The maximum atomic E-state index is 11.5. The Kier molecular flexibility index (Phi) is 26.6. The second kappa shape index (κ2) is 23.7. The molecule has 0 aliphatic rings. The first-order chi connectivity index (χ1) is 13.9. The summed E-state index contributed by atoms with van der Waals surface area (Å²) in [6.07, 6.45) is 20.9. The van der Waals surface area contributed by atoms with Crippen molar-refractivity contribution in [3.8, 4) is 0 Å². The van der Waals surface area contributed by atoms with Gasteiger partial charge in [-0.2, -0.15) is 0 Å². The fourth-order valence-electron chi connectivity index (χ4n) is 4.05. The molecule has 0 aromatic rings. The van der Waals surface area contributed by atoms with Crippen molar-refractivity contribution in [2.75, 3.05) is 0 Å². The maximum absolute atomic E-state index is 11.5. The predicted molar refractivity (Wildman–Crippen MR) is 123 cm³/mol. The van der Waals surface area contributed by atoms with Crippen LogP contribution in [0.2, 0.25) is 0 Å². The van der Waals surface area contributed by atoms with Gasteiger partial charge in [0.25, 0.3) is 0 Å². The van der Waals surface area contributed by atoms with Crippen LogP contribution in [-0.2, 0) is 10.1 Å². The second-order valence-corrected chi connectivity index (χ2v) is 10.5. The van der Waals surface area contributed by atoms with Crippen LogP contribution < -0.4 is 51.4 Å². The summed E-state index contributed by atoms with van der Waals surface area (Å²) in [5, 5.41) is 9.00. The Labute approximate surface area is 230 Å². The van der Waals surface area contributed by atoms with Gasteiger partial charge in [-0.25, -0.2) is 8.42 Å². The molecular formula is C24H49KO4S. The van der Waals surface area contributed by atoms with Gasteiger partial charge in [0.2, 0.25) is 0 Å². The summed E-state index contributed by atoms with van der Waals surface area (Å²) < 4.78 is 34.6. The normalized spacial score (nSPS) is 13.7. The van der Waals surface area contributed by atoms with E-state index in [1.165, 1.54) is 57.8 Å². The van der Waals surface area contributed by atoms with Crippen LogP contribution >= 0.6 is 0 Å². The first kappa shape index (κ1) is 33.7. The van der Waals surface area contributed by atoms with E-state index in [9.17, 15) is 18.1 Å². The molecule has 0 radical (unpaired) electrons. The van der Waals surface area contributed by atoms with Gasteiger partial charge in [-0.05, 0) is 25.7 Å². The van der Waals surface area contributed by atoms with Gasteiger partial charge >= 0.3 is 51.4 Å². The van der Waals surface area contributed by atoms with E-state index in [-0.39, 0.29) is 57.5 Å². The van der Waals surface area contributed by atoms with Crippen molar-refractivity contribution in [2.45, 2.75) is 154 Å². The van der Waals surface area contributed by atoms with Crippen LogP contribution in [0.3, 0.4) is 0 Å². The van der Waals surface area contributed by atoms with Crippen LogP contribution in [0.15, 0.2) is 0 Å². The third-order valence-corrected chi connectivity index (χ3v) is 7.26. The van der Waals surface area contributed by atoms with Crippen LogP contribution in [0.1, 0.15) is 142 Å². The number of rotatable bonds is 22. The summed E-state index contributed by atoms with van der Waals surface area (Å²) >= 11 is 0. The fourth-order valence-corrected chi connectivity index (χ4v) is 4.96. The van der Waals surface area contributed by atoms with Crippen LogP contribution in [-0.4, -0.2) is 29.4 Å². The molecule has 0 amide bonds.